The van der Waals surface area contributed by atoms with Crippen LogP contribution in [0.15, 0.2) is 36.4 Å². The molecule has 134 valence electrons. The Bertz CT molecular complexity index is 480. The lowest BCUT2D eigenvalue weighted by Gasteiger charge is -2.29. The van der Waals surface area contributed by atoms with E-state index in [2.05, 4.69) is 11.8 Å². The van der Waals surface area contributed by atoms with Gasteiger partial charge in [0.05, 0.1) is 0 Å². The number of allylic oxidation sites excluding steroid dienone is 1. The maximum atomic E-state index is 12.7. The Balaban J connectivity index is 0.00000288. The highest BCUT2D eigenvalue weighted by Gasteiger charge is 2.20. The fourth-order valence-electron chi connectivity index (χ4n) is 3.30. The molecule has 3 heteroatoms. The van der Waals surface area contributed by atoms with E-state index < -0.39 is 0 Å². The molecule has 1 aliphatic heterocycles. The molecule has 1 saturated heterocycles. The van der Waals surface area contributed by atoms with Crippen LogP contribution >= 0.6 is 17.0 Å². The Morgan fingerprint density at radius 2 is 1.83 bits per heavy atom. The van der Waals surface area contributed by atoms with Gasteiger partial charge in [-0.3, -0.25) is 4.79 Å². The third-order valence-corrected chi connectivity index (χ3v) is 4.73. The monoisotopic (exact) mass is 393 g/mol. The van der Waals surface area contributed by atoms with Gasteiger partial charge in [-0.1, -0.05) is 69.0 Å². The Kier molecular flexibility index (Phi) is 10.9. The van der Waals surface area contributed by atoms with Crippen molar-refractivity contribution in [3.05, 3.63) is 42.0 Å². The number of likely N-dealkylation sites (tertiary alicyclic amines) is 1. The van der Waals surface area contributed by atoms with Crippen LogP contribution in [-0.2, 0) is 4.79 Å². The number of hydrogen-bond acceptors (Lipinski definition) is 2. The van der Waals surface area contributed by atoms with Gasteiger partial charge in [0, 0.05) is 12.5 Å². The summed E-state index contributed by atoms with van der Waals surface area (Å²) in [6, 6.07) is 10.1. The maximum Gasteiger partial charge on any atom is 0.160 e. The maximum absolute atomic E-state index is 12.7. The number of piperidine rings is 1. The molecule has 1 aliphatic rings. The SMILES string of the molecule is Br.CCCCCC(CN1CCCCC1)C(=O)/C=C/c1ccccc1. The number of halogens is 1. The van der Waals surface area contributed by atoms with Gasteiger partial charge in [0.2, 0.25) is 0 Å². The van der Waals surface area contributed by atoms with Crippen LogP contribution in [0.25, 0.3) is 6.08 Å². The molecule has 1 heterocycles. The van der Waals surface area contributed by atoms with Crippen molar-refractivity contribution in [3.8, 4) is 0 Å². The van der Waals surface area contributed by atoms with Crippen molar-refractivity contribution in [2.24, 2.45) is 5.92 Å². The van der Waals surface area contributed by atoms with Crippen LogP contribution in [0.2, 0.25) is 0 Å². The molecule has 0 amide bonds. The largest absolute Gasteiger partial charge is 0.303 e. The number of ketones is 1. The predicted octanol–water partition coefficient (Wildman–Crippen LogP) is 5.53. The second kappa shape index (κ2) is 12.4. The standard InChI is InChI=1S/C21H31NO.BrH/c1-2-3-6-13-20(18-22-16-9-5-10-17-22)21(23)15-14-19-11-7-4-8-12-19;/h4,7-8,11-12,14-15,20H,2-3,5-6,9-10,13,16-18H2,1H3;1H/b15-14+;. The van der Waals surface area contributed by atoms with Crippen molar-refractivity contribution in [1.82, 2.24) is 4.90 Å². The van der Waals surface area contributed by atoms with Crippen LogP contribution in [0.5, 0.6) is 0 Å². The quantitative estimate of drug-likeness (QED) is 0.406. The number of carbonyl (C=O) groups excluding carboxylic acids is 1. The first-order chi connectivity index (χ1) is 11.3. The summed E-state index contributed by atoms with van der Waals surface area (Å²) in [5.41, 5.74) is 1.10. The number of nitrogens with zero attached hydrogens (tertiary/aromatic N) is 1. The average molecular weight is 394 g/mol. The summed E-state index contributed by atoms with van der Waals surface area (Å²) in [5, 5.41) is 0. The van der Waals surface area contributed by atoms with Crippen molar-refractivity contribution < 1.29 is 4.79 Å². The highest BCUT2D eigenvalue weighted by atomic mass is 79.9. The Labute approximate surface area is 158 Å². The van der Waals surface area contributed by atoms with Crippen molar-refractivity contribution in [1.29, 1.82) is 0 Å². The molecule has 0 aromatic heterocycles. The number of unbranched alkanes of at least 4 members (excludes halogenated alkanes) is 2. The predicted molar refractivity (Wildman–Crippen MR) is 109 cm³/mol. The van der Waals surface area contributed by atoms with E-state index in [4.69, 9.17) is 0 Å². The zero-order valence-electron chi connectivity index (χ0n) is 15.0. The smallest absolute Gasteiger partial charge is 0.160 e. The molecule has 0 bridgehead atoms. The summed E-state index contributed by atoms with van der Waals surface area (Å²) in [7, 11) is 0. The molecule has 1 aromatic rings. The van der Waals surface area contributed by atoms with Gasteiger partial charge in [-0.2, -0.15) is 0 Å². The Morgan fingerprint density at radius 3 is 2.50 bits per heavy atom. The van der Waals surface area contributed by atoms with Crippen LogP contribution in [-0.4, -0.2) is 30.3 Å². The highest BCUT2D eigenvalue weighted by molar-refractivity contribution is 8.93. The number of carbonyl (C=O) groups is 1. The van der Waals surface area contributed by atoms with Gasteiger partial charge in [0.15, 0.2) is 5.78 Å². The minimum atomic E-state index is 0. The van der Waals surface area contributed by atoms with E-state index in [1.807, 2.05) is 36.4 Å². The Hall–Kier alpha value is -0.930. The topological polar surface area (TPSA) is 20.3 Å². The molecule has 2 nitrogen and oxygen atoms in total. The lowest BCUT2D eigenvalue weighted by molar-refractivity contribution is -0.119. The molecule has 1 unspecified atom stereocenters. The first-order valence-corrected chi connectivity index (χ1v) is 9.29. The summed E-state index contributed by atoms with van der Waals surface area (Å²) in [6.45, 7) is 5.50. The van der Waals surface area contributed by atoms with Crippen LogP contribution in [0.1, 0.15) is 57.4 Å². The minimum Gasteiger partial charge on any atom is -0.303 e. The number of benzene rings is 1. The summed E-state index contributed by atoms with van der Waals surface area (Å²) in [5.74, 6) is 0.468. The lowest BCUT2D eigenvalue weighted by atomic mass is 9.94. The fraction of sp³-hybridized carbons (Fsp3) is 0.571. The van der Waals surface area contributed by atoms with E-state index in [0.717, 1.165) is 18.5 Å². The summed E-state index contributed by atoms with van der Waals surface area (Å²) in [6.07, 6.45) is 12.3. The van der Waals surface area contributed by atoms with E-state index in [9.17, 15) is 4.79 Å². The molecule has 1 atom stereocenters. The molecule has 0 saturated carbocycles. The summed E-state index contributed by atoms with van der Waals surface area (Å²) in [4.78, 5) is 15.2. The van der Waals surface area contributed by atoms with E-state index in [0.29, 0.717) is 5.78 Å². The molecule has 1 fully saturated rings. The van der Waals surface area contributed by atoms with Crippen molar-refractivity contribution in [2.45, 2.75) is 51.9 Å². The average Bonchev–Trinajstić information content (AvgIpc) is 2.61. The summed E-state index contributed by atoms with van der Waals surface area (Å²) >= 11 is 0. The van der Waals surface area contributed by atoms with Gasteiger partial charge < -0.3 is 4.90 Å². The molecule has 0 aliphatic carbocycles. The highest BCUT2D eigenvalue weighted by Crippen LogP contribution is 2.18. The first-order valence-electron chi connectivity index (χ1n) is 9.29. The van der Waals surface area contributed by atoms with Crippen LogP contribution in [0.4, 0.5) is 0 Å². The molecule has 1 aromatic carbocycles. The molecule has 0 N–H and O–H groups in total. The zero-order chi connectivity index (χ0) is 16.3. The molecule has 24 heavy (non-hydrogen) atoms. The Morgan fingerprint density at radius 1 is 1.12 bits per heavy atom. The van der Waals surface area contributed by atoms with E-state index >= 15 is 0 Å². The van der Waals surface area contributed by atoms with Gasteiger partial charge in [0.1, 0.15) is 0 Å². The second-order valence-corrected chi connectivity index (χ2v) is 6.70. The van der Waals surface area contributed by atoms with E-state index in [1.54, 1.807) is 6.08 Å². The van der Waals surface area contributed by atoms with Crippen LogP contribution in [0, 0.1) is 5.92 Å². The third kappa shape index (κ3) is 7.76. The molecule has 2 rings (SSSR count). The van der Waals surface area contributed by atoms with Gasteiger partial charge in [-0.15, -0.1) is 17.0 Å². The first kappa shape index (κ1) is 21.1. The molecular weight excluding hydrogens is 362 g/mol. The normalized spacial score (nSPS) is 16.7. The summed E-state index contributed by atoms with van der Waals surface area (Å²) < 4.78 is 0. The zero-order valence-corrected chi connectivity index (χ0v) is 16.7. The van der Waals surface area contributed by atoms with E-state index in [-0.39, 0.29) is 22.9 Å². The van der Waals surface area contributed by atoms with Gasteiger partial charge in [-0.05, 0) is 44.0 Å². The van der Waals surface area contributed by atoms with Crippen LogP contribution < -0.4 is 0 Å². The van der Waals surface area contributed by atoms with Crippen molar-refractivity contribution in [3.63, 3.8) is 0 Å². The minimum absolute atomic E-state index is 0. The number of hydrogen-bond donors (Lipinski definition) is 0. The lowest BCUT2D eigenvalue weighted by Crippen LogP contribution is -2.36. The molecular formula is C21H32BrNO. The number of rotatable bonds is 9. The van der Waals surface area contributed by atoms with Crippen molar-refractivity contribution >= 4 is 28.8 Å². The molecule has 0 spiro atoms. The second-order valence-electron chi connectivity index (χ2n) is 6.70. The van der Waals surface area contributed by atoms with E-state index in [1.165, 1.54) is 51.6 Å². The van der Waals surface area contributed by atoms with Gasteiger partial charge >= 0.3 is 0 Å². The molecule has 0 radical (unpaired) electrons. The van der Waals surface area contributed by atoms with Gasteiger partial charge in [0.25, 0.3) is 0 Å². The van der Waals surface area contributed by atoms with Crippen LogP contribution in [0.3, 0.4) is 0 Å². The van der Waals surface area contributed by atoms with Crippen molar-refractivity contribution in [2.75, 3.05) is 19.6 Å². The fourth-order valence-corrected chi connectivity index (χ4v) is 3.30. The van der Waals surface area contributed by atoms with Gasteiger partial charge in [-0.25, -0.2) is 0 Å². The third-order valence-electron chi connectivity index (χ3n) is 4.73.